The highest BCUT2D eigenvalue weighted by atomic mass is 19.4. The molecular weight excluding hydrogens is 221 g/mol. The summed E-state index contributed by atoms with van der Waals surface area (Å²) in [5, 5.41) is 0. The Bertz CT molecular complexity index is 311. The lowest BCUT2D eigenvalue weighted by molar-refractivity contribution is -0.184. The van der Waals surface area contributed by atoms with Gasteiger partial charge in [-0.1, -0.05) is 12.3 Å². The fraction of sp³-hybridized carbons (Fsp3) is 0.727. The van der Waals surface area contributed by atoms with Gasteiger partial charge in [-0.3, -0.25) is 0 Å². The molecule has 0 aromatic rings. The first-order valence-electron chi connectivity index (χ1n) is 5.09. The standard InChI is InChI=1S/C11H13F3O2/c1-16-10(15)6-5-8-3-2-4-9(7-8)11(12,13)14/h8-9H,2-4,7H2,1H3. The van der Waals surface area contributed by atoms with E-state index in [0.29, 0.717) is 12.8 Å². The average molecular weight is 234 g/mol. The quantitative estimate of drug-likeness (QED) is 0.366. The fourth-order valence-electron chi connectivity index (χ4n) is 1.83. The van der Waals surface area contributed by atoms with Crippen molar-refractivity contribution in [3.63, 3.8) is 0 Å². The van der Waals surface area contributed by atoms with Crippen molar-refractivity contribution in [1.29, 1.82) is 0 Å². The Kier molecular flexibility index (Phi) is 4.22. The summed E-state index contributed by atoms with van der Waals surface area (Å²) in [5.41, 5.74) is 0. The summed E-state index contributed by atoms with van der Waals surface area (Å²) in [6, 6.07) is 0. The molecule has 0 aromatic carbocycles. The summed E-state index contributed by atoms with van der Waals surface area (Å²) < 4.78 is 41.6. The van der Waals surface area contributed by atoms with Crippen LogP contribution >= 0.6 is 0 Å². The normalized spacial score (nSPS) is 25.5. The molecule has 0 spiro atoms. The lowest BCUT2D eigenvalue weighted by atomic mass is 9.81. The van der Waals surface area contributed by atoms with Crippen molar-refractivity contribution in [2.24, 2.45) is 11.8 Å². The van der Waals surface area contributed by atoms with Crippen LogP contribution in [0.1, 0.15) is 25.7 Å². The average Bonchev–Trinajstić information content (AvgIpc) is 2.25. The molecule has 2 atom stereocenters. The summed E-state index contributed by atoms with van der Waals surface area (Å²) >= 11 is 0. The molecule has 90 valence electrons. The molecule has 0 aliphatic heterocycles. The molecule has 1 saturated carbocycles. The van der Waals surface area contributed by atoms with Crippen molar-refractivity contribution in [2.75, 3.05) is 7.11 Å². The molecule has 16 heavy (non-hydrogen) atoms. The number of ether oxygens (including phenoxy) is 1. The van der Waals surface area contributed by atoms with Gasteiger partial charge in [0.25, 0.3) is 0 Å². The number of carbonyl (C=O) groups is 1. The van der Waals surface area contributed by atoms with Crippen LogP contribution in [0.5, 0.6) is 0 Å². The predicted molar refractivity (Wildman–Crippen MR) is 51.3 cm³/mol. The van der Waals surface area contributed by atoms with Gasteiger partial charge in [-0.05, 0) is 19.3 Å². The maximum atomic E-state index is 12.4. The Morgan fingerprint density at radius 2 is 2.06 bits per heavy atom. The van der Waals surface area contributed by atoms with E-state index in [1.54, 1.807) is 0 Å². The van der Waals surface area contributed by atoms with Crippen molar-refractivity contribution in [3.05, 3.63) is 0 Å². The molecule has 1 fully saturated rings. The van der Waals surface area contributed by atoms with Crippen molar-refractivity contribution in [2.45, 2.75) is 31.9 Å². The second-order valence-corrected chi connectivity index (χ2v) is 3.86. The van der Waals surface area contributed by atoms with Crippen LogP contribution in [0, 0.1) is 23.7 Å². The Balaban J connectivity index is 2.56. The highest BCUT2D eigenvalue weighted by Gasteiger charge is 2.41. The molecule has 0 N–H and O–H groups in total. The molecule has 0 heterocycles. The third-order valence-corrected chi connectivity index (χ3v) is 2.70. The summed E-state index contributed by atoms with van der Waals surface area (Å²) in [5.74, 6) is 2.42. The Hall–Kier alpha value is -1.18. The zero-order valence-electron chi connectivity index (χ0n) is 8.93. The van der Waals surface area contributed by atoms with Crippen LogP contribution in [0.3, 0.4) is 0 Å². The number of hydrogen-bond acceptors (Lipinski definition) is 2. The van der Waals surface area contributed by atoms with E-state index in [1.807, 2.05) is 0 Å². The minimum absolute atomic E-state index is 0.00645. The van der Waals surface area contributed by atoms with Crippen LogP contribution in [0.15, 0.2) is 0 Å². The first kappa shape index (κ1) is 12.9. The highest BCUT2D eigenvalue weighted by molar-refractivity contribution is 5.88. The van der Waals surface area contributed by atoms with Crippen LogP contribution < -0.4 is 0 Å². The van der Waals surface area contributed by atoms with Gasteiger partial charge in [-0.25, -0.2) is 4.79 Å². The fourth-order valence-corrected chi connectivity index (χ4v) is 1.83. The largest absolute Gasteiger partial charge is 0.459 e. The van der Waals surface area contributed by atoms with E-state index in [4.69, 9.17) is 0 Å². The van der Waals surface area contributed by atoms with Gasteiger partial charge in [-0.2, -0.15) is 13.2 Å². The number of rotatable bonds is 0. The van der Waals surface area contributed by atoms with Crippen LogP contribution in [0.4, 0.5) is 13.2 Å². The van der Waals surface area contributed by atoms with Gasteiger partial charge in [0.15, 0.2) is 0 Å². The zero-order valence-corrected chi connectivity index (χ0v) is 8.93. The molecule has 0 radical (unpaired) electrons. The molecular formula is C11H13F3O2. The van der Waals surface area contributed by atoms with Gasteiger partial charge < -0.3 is 4.74 Å². The third kappa shape index (κ3) is 3.76. The van der Waals surface area contributed by atoms with E-state index in [0.717, 1.165) is 0 Å². The number of esters is 1. The summed E-state index contributed by atoms with van der Waals surface area (Å²) in [6.07, 6.45) is -2.86. The SMILES string of the molecule is COC(=O)C#CC1CCCC(C(F)(F)F)C1. The van der Waals surface area contributed by atoms with Crippen LogP contribution in [-0.4, -0.2) is 19.3 Å². The number of alkyl halides is 3. The molecule has 1 rings (SSSR count). The van der Waals surface area contributed by atoms with Gasteiger partial charge in [0.05, 0.1) is 13.0 Å². The first-order chi connectivity index (χ1) is 7.43. The van der Waals surface area contributed by atoms with E-state index < -0.39 is 18.1 Å². The monoisotopic (exact) mass is 234 g/mol. The van der Waals surface area contributed by atoms with Gasteiger partial charge in [0.1, 0.15) is 0 Å². The maximum absolute atomic E-state index is 12.4. The van der Waals surface area contributed by atoms with E-state index in [1.165, 1.54) is 7.11 Å². The first-order valence-corrected chi connectivity index (χ1v) is 5.09. The molecule has 2 unspecified atom stereocenters. The number of halogens is 3. The van der Waals surface area contributed by atoms with Crippen LogP contribution in [0.2, 0.25) is 0 Å². The molecule has 0 bridgehead atoms. The summed E-state index contributed by atoms with van der Waals surface area (Å²) in [7, 11) is 1.19. The molecule has 1 aliphatic carbocycles. The van der Waals surface area contributed by atoms with Crippen molar-refractivity contribution in [3.8, 4) is 11.8 Å². The second-order valence-electron chi connectivity index (χ2n) is 3.86. The zero-order chi connectivity index (χ0) is 12.2. The minimum atomic E-state index is -4.15. The van der Waals surface area contributed by atoms with Crippen LogP contribution in [0.25, 0.3) is 0 Å². The summed E-state index contributed by atoms with van der Waals surface area (Å²) in [6.45, 7) is 0. The molecule has 5 heteroatoms. The minimum Gasteiger partial charge on any atom is -0.459 e. The smallest absolute Gasteiger partial charge is 0.391 e. The van der Waals surface area contributed by atoms with E-state index >= 15 is 0 Å². The lowest BCUT2D eigenvalue weighted by Crippen LogP contribution is -2.28. The van der Waals surface area contributed by atoms with Crippen molar-refractivity contribution < 1.29 is 22.7 Å². The van der Waals surface area contributed by atoms with Crippen LogP contribution in [-0.2, 0) is 9.53 Å². The topological polar surface area (TPSA) is 26.3 Å². The molecule has 0 amide bonds. The maximum Gasteiger partial charge on any atom is 0.391 e. The van der Waals surface area contributed by atoms with Gasteiger partial charge >= 0.3 is 12.1 Å². The number of methoxy groups -OCH3 is 1. The Morgan fingerprint density at radius 1 is 1.38 bits per heavy atom. The van der Waals surface area contributed by atoms with Gasteiger partial charge in [0, 0.05) is 11.8 Å². The predicted octanol–water partition coefficient (Wildman–Crippen LogP) is 2.53. The number of carbonyl (C=O) groups excluding carboxylic acids is 1. The van der Waals surface area contributed by atoms with Crippen molar-refractivity contribution >= 4 is 5.97 Å². The molecule has 0 aromatic heterocycles. The van der Waals surface area contributed by atoms with Gasteiger partial charge in [0.2, 0.25) is 0 Å². The molecule has 2 nitrogen and oxygen atoms in total. The molecule has 1 aliphatic rings. The third-order valence-electron chi connectivity index (χ3n) is 2.70. The Labute approximate surface area is 92.2 Å². The highest BCUT2D eigenvalue weighted by Crippen LogP contribution is 2.39. The van der Waals surface area contributed by atoms with E-state index in [9.17, 15) is 18.0 Å². The number of hydrogen-bond donors (Lipinski definition) is 0. The lowest BCUT2D eigenvalue weighted by Gasteiger charge is -2.27. The summed E-state index contributed by atoms with van der Waals surface area (Å²) in [4.78, 5) is 10.7. The van der Waals surface area contributed by atoms with E-state index in [-0.39, 0.29) is 18.8 Å². The Morgan fingerprint density at radius 3 is 2.62 bits per heavy atom. The second kappa shape index (κ2) is 5.24. The van der Waals surface area contributed by atoms with E-state index in [2.05, 4.69) is 16.6 Å². The van der Waals surface area contributed by atoms with Crippen molar-refractivity contribution in [1.82, 2.24) is 0 Å². The molecule has 0 saturated heterocycles. The van der Waals surface area contributed by atoms with Gasteiger partial charge in [-0.15, -0.1) is 0 Å².